The van der Waals surface area contributed by atoms with Crippen LogP contribution in [0.25, 0.3) is 22.2 Å². The summed E-state index contributed by atoms with van der Waals surface area (Å²) >= 11 is 0. The number of pyridine rings is 1. The van der Waals surface area contributed by atoms with Gasteiger partial charge in [0.2, 0.25) is 11.8 Å². The first-order valence-electron chi connectivity index (χ1n) is 12.3. The maximum Gasteiger partial charge on any atom is 0.420 e. The van der Waals surface area contributed by atoms with E-state index in [0.717, 1.165) is 36.3 Å². The minimum absolute atomic E-state index is 0.122. The van der Waals surface area contributed by atoms with E-state index in [-0.39, 0.29) is 12.5 Å². The number of oxazole rings is 1. The Hall–Kier alpha value is -3.91. The number of carbonyl (C=O) groups excluding carboxylic acids is 1. The van der Waals surface area contributed by atoms with Gasteiger partial charge in [0.05, 0.1) is 12.1 Å². The van der Waals surface area contributed by atoms with E-state index in [4.69, 9.17) is 9.15 Å². The quantitative estimate of drug-likeness (QED) is 0.404. The van der Waals surface area contributed by atoms with Crippen LogP contribution < -0.4 is 20.7 Å². The van der Waals surface area contributed by atoms with Crippen LogP contribution in [-0.2, 0) is 11.3 Å². The number of piperidine rings is 1. The van der Waals surface area contributed by atoms with Crippen molar-refractivity contribution in [3.8, 4) is 17.0 Å². The number of anilines is 1. The average Bonchev–Trinajstić information content (AvgIpc) is 3.23. The standard InChI is InChI=1S/C28H30N4O4/c1-31(23-5-3-2-4-6-23)27(33)19-32-24-17-21(7-9-25(24)36-28(32)34)22-8-10-26(30-18-22)35-16-13-20-11-14-29-15-12-20/h2-10,17-18,20,29H,11-16,19H2,1H3. The third-order valence-electron chi connectivity index (χ3n) is 6.78. The Kier molecular flexibility index (Phi) is 7.13. The number of carbonyl (C=O) groups is 1. The van der Waals surface area contributed by atoms with Crippen LogP contribution in [0.3, 0.4) is 0 Å². The first-order valence-corrected chi connectivity index (χ1v) is 12.3. The molecule has 1 saturated heterocycles. The second-order valence-corrected chi connectivity index (χ2v) is 9.14. The highest BCUT2D eigenvalue weighted by Crippen LogP contribution is 2.25. The summed E-state index contributed by atoms with van der Waals surface area (Å²) in [5.74, 6) is 0.532. The van der Waals surface area contributed by atoms with Gasteiger partial charge in [-0.15, -0.1) is 0 Å². The van der Waals surface area contributed by atoms with Crippen LogP contribution >= 0.6 is 0 Å². The van der Waals surface area contributed by atoms with Crippen LogP contribution in [0.2, 0.25) is 0 Å². The number of aromatic nitrogens is 2. The van der Waals surface area contributed by atoms with Crippen molar-refractivity contribution in [2.24, 2.45) is 5.92 Å². The predicted molar refractivity (Wildman–Crippen MR) is 139 cm³/mol. The Morgan fingerprint density at radius 2 is 1.89 bits per heavy atom. The summed E-state index contributed by atoms with van der Waals surface area (Å²) in [5.41, 5.74) is 3.51. The first-order chi connectivity index (χ1) is 17.6. The van der Waals surface area contributed by atoms with Crippen LogP contribution in [0.4, 0.5) is 5.69 Å². The van der Waals surface area contributed by atoms with Crippen molar-refractivity contribution in [2.45, 2.75) is 25.8 Å². The number of likely N-dealkylation sites (N-methyl/N-ethyl adjacent to an activating group) is 1. The van der Waals surface area contributed by atoms with Crippen LogP contribution in [0, 0.1) is 5.92 Å². The number of para-hydroxylation sites is 1. The highest BCUT2D eigenvalue weighted by Gasteiger charge is 2.17. The first kappa shape index (κ1) is 23.8. The molecule has 2 aromatic heterocycles. The second kappa shape index (κ2) is 10.8. The van der Waals surface area contributed by atoms with E-state index in [9.17, 15) is 9.59 Å². The highest BCUT2D eigenvalue weighted by atomic mass is 16.5. The fourth-order valence-electron chi connectivity index (χ4n) is 4.57. The Bertz CT molecular complexity index is 1370. The van der Waals surface area contributed by atoms with Gasteiger partial charge in [0.1, 0.15) is 6.54 Å². The normalized spacial score (nSPS) is 14.1. The average molecular weight is 487 g/mol. The molecule has 1 amide bonds. The van der Waals surface area contributed by atoms with Gasteiger partial charge in [0.25, 0.3) is 0 Å². The lowest BCUT2D eigenvalue weighted by Crippen LogP contribution is -2.32. The van der Waals surface area contributed by atoms with Crippen LogP contribution in [0.15, 0.2) is 76.1 Å². The number of hydrogen-bond acceptors (Lipinski definition) is 6. The molecule has 0 aliphatic carbocycles. The molecule has 0 saturated carbocycles. The van der Waals surface area contributed by atoms with E-state index in [1.54, 1.807) is 19.3 Å². The molecule has 0 radical (unpaired) electrons. The Morgan fingerprint density at radius 1 is 1.11 bits per heavy atom. The molecule has 0 atom stereocenters. The van der Waals surface area contributed by atoms with E-state index in [0.29, 0.717) is 29.5 Å². The van der Waals surface area contributed by atoms with Gasteiger partial charge in [-0.1, -0.05) is 24.3 Å². The molecule has 0 spiro atoms. The van der Waals surface area contributed by atoms with Gasteiger partial charge in [-0.25, -0.2) is 9.78 Å². The van der Waals surface area contributed by atoms with Gasteiger partial charge in [0.15, 0.2) is 5.58 Å². The molecule has 4 aromatic rings. The smallest absolute Gasteiger partial charge is 0.420 e. The topological polar surface area (TPSA) is 89.6 Å². The molecule has 186 valence electrons. The van der Waals surface area contributed by atoms with Crippen molar-refractivity contribution in [2.75, 3.05) is 31.6 Å². The van der Waals surface area contributed by atoms with Crippen LogP contribution in [0.5, 0.6) is 5.88 Å². The SMILES string of the molecule is CN(C(=O)Cn1c(=O)oc2ccc(-c3ccc(OCCC4CCNCC4)nc3)cc21)c1ccccc1. The number of nitrogens with zero attached hydrogens (tertiary/aromatic N) is 3. The molecule has 36 heavy (non-hydrogen) atoms. The number of amides is 1. The van der Waals surface area contributed by atoms with Gasteiger partial charge in [-0.3, -0.25) is 9.36 Å². The zero-order chi connectivity index (χ0) is 24.9. The molecule has 8 heteroatoms. The third kappa shape index (κ3) is 5.33. The fraction of sp³-hybridized carbons (Fsp3) is 0.321. The van der Waals surface area contributed by atoms with E-state index in [2.05, 4.69) is 10.3 Å². The van der Waals surface area contributed by atoms with Crippen molar-refractivity contribution in [3.63, 3.8) is 0 Å². The minimum atomic E-state index is -0.562. The molecule has 5 rings (SSSR count). The van der Waals surface area contributed by atoms with Gasteiger partial charge in [-0.2, -0.15) is 0 Å². The summed E-state index contributed by atoms with van der Waals surface area (Å²) in [6.07, 6.45) is 5.20. The molecule has 1 aliphatic heterocycles. The van der Waals surface area contributed by atoms with Crippen LogP contribution in [-0.4, -0.2) is 42.2 Å². The maximum absolute atomic E-state index is 12.9. The monoisotopic (exact) mass is 486 g/mol. The van der Waals surface area contributed by atoms with Crippen molar-refractivity contribution in [1.82, 2.24) is 14.9 Å². The number of benzene rings is 2. The molecule has 3 heterocycles. The van der Waals surface area contributed by atoms with Crippen molar-refractivity contribution >= 4 is 22.7 Å². The molecule has 0 unspecified atom stereocenters. The zero-order valence-corrected chi connectivity index (χ0v) is 20.4. The molecule has 1 fully saturated rings. The summed E-state index contributed by atoms with van der Waals surface area (Å²) in [6, 6.07) is 18.6. The molecule has 1 aliphatic rings. The summed E-state index contributed by atoms with van der Waals surface area (Å²) < 4.78 is 12.6. The van der Waals surface area contributed by atoms with Gasteiger partial charge in [-0.05, 0) is 74.2 Å². The lowest BCUT2D eigenvalue weighted by molar-refractivity contribution is -0.118. The molecular weight excluding hydrogens is 456 g/mol. The van der Waals surface area contributed by atoms with Crippen LogP contribution in [0.1, 0.15) is 19.3 Å². The Morgan fingerprint density at radius 3 is 2.64 bits per heavy atom. The zero-order valence-electron chi connectivity index (χ0n) is 20.4. The Balaban J connectivity index is 1.29. The summed E-state index contributed by atoms with van der Waals surface area (Å²) in [7, 11) is 1.69. The van der Waals surface area contributed by atoms with E-state index >= 15 is 0 Å². The van der Waals surface area contributed by atoms with Gasteiger partial charge < -0.3 is 19.4 Å². The third-order valence-corrected chi connectivity index (χ3v) is 6.78. The van der Waals surface area contributed by atoms with E-state index in [1.165, 1.54) is 22.3 Å². The summed E-state index contributed by atoms with van der Waals surface area (Å²) in [4.78, 5) is 31.4. The molecule has 8 nitrogen and oxygen atoms in total. The largest absolute Gasteiger partial charge is 0.478 e. The number of rotatable bonds is 8. The number of nitrogens with one attached hydrogen (secondary N) is 1. The predicted octanol–water partition coefficient (Wildman–Crippen LogP) is 4.09. The fourth-order valence-corrected chi connectivity index (χ4v) is 4.57. The second-order valence-electron chi connectivity index (χ2n) is 9.14. The number of fused-ring (bicyclic) bond motifs is 1. The molecule has 1 N–H and O–H groups in total. The van der Waals surface area contributed by atoms with Crippen molar-refractivity contribution in [3.05, 3.63) is 77.4 Å². The maximum atomic E-state index is 12.9. The lowest BCUT2D eigenvalue weighted by atomic mass is 9.95. The van der Waals surface area contributed by atoms with E-state index < -0.39 is 5.76 Å². The Labute approximate surface area is 209 Å². The van der Waals surface area contributed by atoms with Gasteiger partial charge >= 0.3 is 5.76 Å². The van der Waals surface area contributed by atoms with Crippen molar-refractivity contribution < 1.29 is 13.9 Å². The molecule has 0 bridgehead atoms. The highest BCUT2D eigenvalue weighted by molar-refractivity contribution is 5.93. The lowest BCUT2D eigenvalue weighted by Gasteiger charge is -2.22. The van der Waals surface area contributed by atoms with Gasteiger partial charge in [0, 0.05) is 30.6 Å². The molecular formula is C28H30N4O4. The van der Waals surface area contributed by atoms with Crippen molar-refractivity contribution in [1.29, 1.82) is 0 Å². The number of ether oxygens (including phenoxy) is 1. The minimum Gasteiger partial charge on any atom is -0.478 e. The van der Waals surface area contributed by atoms with E-state index in [1.807, 2.05) is 54.6 Å². The molecule has 2 aromatic carbocycles. The number of hydrogen-bond donors (Lipinski definition) is 1. The summed E-state index contributed by atoms with van der Waals surface area (Å²) in [5, 5.41) is 3.38. The summed E-state index contributed by atoms with van der Waals surface area (Å²) in [6.45, 7) is 2.72.